The minimum Gasteiger partial charge on any atom is -0.356 e. The lowest BCUT2D eigenvalue weighted by atomic mass is 10.1. The Bertz CT molecular complexity index is 742. The van der Waals surface area contributed by atoms with Crippen LogP contribution in [0.4, 0.5) is 23.3 Å². The minimum absolute atomic E-state index is 0.618. The van der Waals surface area contributed by atoms with Gasteiger partial charge in [-0.3, -0.25) is 11.3 Å². The molecule has 27 heavy (non-hydrogen) atoms. The van der Waals surface area contributed by atoms with E-state index < -0.39 is 0 Å². The number of hydrogen-bond donors (Lipinski definition) is 3. The second-order valence-electron chi connectivity index (χ2n) is 6.81. The molecule has 0 bridgehead atoms. The summed E-state index contributed by atoms with van der Waals surface area (Å²) in [6.07, 6.45) is 9.18. The fraction of sp³-hybridized carbons (Fsp3) is 0.529. The Morgan fingerprint density at radius 3 is 2.04 bits per heavy atom. The molecule has 0 unspecified atom stereocenters. The van der Waals surface area contributed by atoms with Gasteiger partial charge in [-0.2, -0.15) is 10.7 Å². The number of anilines is 4. The summed E-state index contributed by atoms with van der Waals surface area (Å²) in [5, 5.41) is 1.53. The van der Waals surface area contributed by atoms with Crippen molar-refractivity contribution in [2.24, 2.45) is 5.84 Å². The van der Waals surface area contributed by atoms with Gasteiger partial charge < -0.3 is 9.80 Å². The van der Waals surface area contributed by atoms with Crippen molar-refractivity contribution in [3.8, 4) is 0 Å². The zero-order chi connectivity index (χ0) is 18.5. The summed E-state index contributed by atoms with van der Waals surface area (Å²) in [6.45, 7) is 4.09. The van der Waals surface area contributed by atoms with Crippen molar-refractivity contribution in [1.82, 2.24) is 25.5 Å². The Hall–Kier alpha value is -2.72. The van der Waals surface area contributed by atoms with Crippen molar-refractivity contribution in [1.29, 1.82) is 0 Å². The zero-order valence-corrected chi connectivity index (χ0v) is 15.4. The molecule has 0 spiro atoms. The summed E-state index contributed by atoms with van der Waals surface area (Å²) < 4.78 is 0. The first kappa shape index (κ1) is 17.7. The van der Waals surface area contributed by atoms with Gasteiger partial charge in [-0.25, -0.2) is 19.9 Å². The van der Waals surface area contributed by atoms with E-state index in [1.807, 2.05) is 12.1 Å². The molecule has 0 radical (unpaired) electrons. The van der Waals surface area contributed by atoms with E-state index in [1.54, 1.807) is 12.7 Å². The van der Waals surface area contributed by atoms with Gasteiger partial charge in [-0.05, 0) is 32.1 Å². The van der Waals surface area contributed by atoms with E-state index in [0.29, 0.717) is 11.6 Å². The summed E-state index contributed by atoms with van der Waals surface area (Å²) in [4.78, 5) is 21.9. The Balaban J connectivity index is 1.49. The maximum Gasteiger partial charge on any atom is 0.170 e. The van der Waals surface area contributed by atoms with E-state index in [-0.39, 0.29) is 0 Å². The predicted molar refractivity (Wildman–Crippen MR) is 105 cm³/mol. The standard InChI is InChI=1S/C17H26N10/c18-24-27(17-11-16(21-13-22-17)26-8-4-5-9-26)23-14-10-15(20-12-19-14)25-6-2-1-3-7-25/h10-13,24H,1-9,18H2,(H,19,20,23). The molecule has 4 heterocycles. The number of hydrogen-bond acceptors (Lipinski definition) is 10. The molecule has 2 aliphatic heterocycles. The molecule has 144 valence electrons. The molecule has 0 amide bonds. The van der Waals surface area contributed by atoms with Crippen LogP contribution < -0.4 is 31.7 Å². The lowest BCUT2D eigenvalue weighted by Crippen LogP contribution is -2.47. The van der Waals surface area contributed by atoms with E-state index in [0.717, 1.165) is 37.8 Å². The van der Waals surface area contributed by atoms with Gasteiger partial charge in [0.2, 0.25) is 0 Å². The number of rotatable bonds is 6. The predicted octanol–water partition coefficient (Wildman–Crippen LogP) is 1.07. The van der Waals surface area contributed by atoms with Crippen molar-refractivity contribution in [2.75, 3.05) is 46.5 Å². The fourth-order valence-electron chi connectivity index (χ4n) is 3.55. The van der Waals surface area contributed by atoms with Gasteiger partial charge >= 0.3 is 0 Å². The molecular formula is C17H26N10. The van der Waals surface area contributed by atoms with Crippen LogP contribution >= 0.6 is 0 Å². The molecular weight excluding hydrogens is 344 g/mol. The third-order valence-electron chi connectivity index (χ3n) is 4.99. The number of hydrazine groups is 3. The second-order valence-corrected chi connectivity index (χ2v) is 6.81. The molecule has 10 nitrogen and oxygen atoms in total. The van der Waals surface area contributed by atoms with Crippen LogP contribution in [0, 0.1) is 0 Å². The van der Waals surface area contributed by atoms with Gasteiger partial charge in [0.1, 0.15) is 24.3 Å². The SMILES string of the molecule is NNN(Nc1cc(N2CCCCC2)ncn1)c1cc(N2CCCC2)ncn1. The number of piperidine rings is 1. The summed E-state index contributed by atoms with van der Waals surface area (Å²) >= 11 is 0. The first-order chi connectivity index (χ1) is 13.3. The highest BCUT2D eigenvalue weighted by Crippen LogP contribution is 2.22. The van der Waals surface area contributed by atoms with Crippen LogP contribution in [0.5, 0.6) is 0 Å². The van der Waals surface area contributed by atoms with Gasteiger partial charge in [0.05, 0.1) is 0 Å². The highest BCUT2D eigenvalue weighted by molar-refractivity contribution is 5.55. The third-order valence-corrected chi connectivity index (χ3v) is 4.99. The highest BCUT2D eigenvalue weighted by atomic mass is 15.8. The monoisotopic (exact) mass is 370 g/mol. The van der Waals surface area contributed by atoms with Crippen LogP contribution in [0.15, 0.2) is 24.8 Å². The molecule has 4 N–H and O–H groups in total. The van der Waals surface area contributed by atoms with Gasteiger partial charge in [-0.15, -0.1) is 0 Å². The number of nitrogens with zero attached hydrogens (tertiary/aromatic N) is 7. The zero-order valence-electron chi connectivity index (χ0n) is 15.4. The van der Waals surface area contributed by atoms with Crippen LogP contribution in [0.3, 0.4) is 0 Å². The van der Waals surface area contributed by atoms with Crippen molar-refractivity contribution in [2.45, 2.75) is 32.1 Å². The number of nitrogens with two attached hydrogens (primary N) is 1. The van der Waals surface area contributed by atoms with Crippen molar-refractivity contribution in [3.63, 3.8) is 0 Å². The van der Waals surface area contributed by atoms with E-state index in [9.17, 15) is 0 Å². The van der Waals surface area contributed by atoms with Crippen LogP contribution in [0.25, 0.3) is 0 Å². The van der Waals surface area contributed by atoms with E-state index in [2.05, 4.69) is 40.7 Å². The summed E-state index contributed by atoms with van der Waals surface area (Å²) in [5.41, 5.74) is 5.78. The normalized spacial score (nSPS) is 17.2. The fourth-order valence-corrected chi connectivity index (χ4v) is 3.55. The molecule has 4 rings (SSSR count). The lowest BCUT2D eigenvalue weighted by molar-refractivity contribution is 0.573. The average Bonchev–Trinajstić information content (AvgIpc) is 3.28. The van der Waals surface area contributed by atoms with Crippen LogP contribution in [0.1, 0.15) is 32.1 Å². The van der Waals surface area contributed by atoms with Gasteiger partial charge in [-0.1, -0.05) is 0 Å². The molecule has 0 saturated carbocycles. The van der Waals surface area contributed by atoms with Crippen LogP contribution in [0.2, 0.25) is 0 Å². The average molecular weight is 370 g/mol. The summed E-state index contributed by atoms with van der Waals surface area (Å²) in [7, 11) is 0. The maximum atomic E-state index is 5.72. The molecule has 10 heteroatoms. The second kappa shape index (κ2) is 8.31. The van der Waals surface area contributed by atoms with Crippen molar-refractivity contribution >= 4 is 23.3 Å². The topological polar surface area (TPSA) is 111 Å². The molecule has 0 aliphatic carbocycles. The highest BCUT2D eigenvalue weighted by Gasteiger charge is 2.17. The smallest absolute Gasteiger partial charge is 0.170 e. The van der Waals surface area contributed by atoms with E-state index >= 15 is 0 Å². The third kappa shape index (κ3) is 4.17. The molecule has 0 aromatic carbocycles. The molecule has 2 aromatic heterocycles. The summed E-state index contributed by atoms with van der Waals surface area (Å²) in [5.74, 6) is 8.80. The quantitative estimate of drug-likeness (QED) is 0.504. The van der Waals surface area contributed by atoms with Crippen molar-refractivity contribution < 1.29 is 0 Å². The molecule has 2 aromatic rings. The van der Waals surface area contributed by atoms with E-state index in [1.165, 1.54) is 37.2 Å². The Labute approximate surface area is 158 Å². The first-order valence-electron chi connectivity index (χ1n) is 9.50. The maximum absolute atomic E-state index is 5.72. The lowest BCUT2D eigenvalue weighted by Gasteiger charge is -2.28. The van der Waals surface area contributed by atoms with Gasteiger partial charge in [0, 0.05) is 38.3 Å². The van der Waals surface area contributed by atoms with E-state index in [4.69, 9.17) is 5.84 Å². The van der Waals surface area contributed by atoms with Gasteiger partial charge in [0.15, 0.2) is 11.6 Å². The molecule has 2 saturated heterocycles. The Morgan fingerprint density at radius 1 is 0.778 bits per heavy atom. The summed E-state index contributed by atoms with van der Waals surface area (Å²) in [6, 6.07) is 3.84. The molecule has 0 atom stereocenters. The largest absolute Gasteiger partial charge is 0.356 e. The Morgan fingerprint density at radius 2 is 1.37 bits per heavy atom. The molecule has 2 aliphatic rings. The number of nitrogens with one attached hydrogen (secondary N) is 2. The van der Waals surface area contributed by atoms with Crippen molar-refractivity contribution in [3.05, 3.63) is 24.8 Å². The Kier molecular flexibility index (Phi) is 5.45. The molecule has 2 fully saturated rings. The van der Waals surface area contributed by atoms with Gasteiger partial charge in [0.25, 0.3) is 0 Å². The van der Waals surface area contributed by atoms with Crippen LogP contribution in [-0.2, 0) is 0 Å². The number of aromatic nitrogens is 4. The first-order valence-corrected chi connectivity index (χ1v) is 9.50. The van der Waals surface area contributed by atoms with Crippen LogP contribution in [-0.4, -0.2) is 46.1 Å². The minimum atomic E-state index is 0.618.